The number of amides is 2. The summed E-state index contributed by atoms with van der Waals surface area (Å²) in [6.07, 6.45) is -2.19. The SMILES string of the molecule is C[C@H]1c2cccc(O)c2C(=O)C2=C(O)[C@]3(O)C(=O)C(C(N)=O)=C(O)C[C@@H]3[C@@H](OC(=O)C3CCCN3C(=O)OC(C)(C)C)[C@@H]21. The van der Waals surface area contributed by atoms with E-state index in [1.807, 2.05) is 0 Å². The lowest BCUT2D eigenvalue weighted by molar-refractivity contribution is -0.177. The molecule has 1 aromatic carbocycles. The molecule has 230 valence electrons. The number of nitrogens with two attached hydrogens (primary N) is 1. The average Bonchev–Trinajstić information content (AvgIpc) is 3.40. The fourth-order valence-corrected chi connectivity index (χ4v) is 6.84. The number of allylic oxidation sites excluding steroid dienone is 1. The normalized spacial score (nSPS) is 30.4. The number of fused-ring (bicyclic) bond motifs is 3. The Morgan fingerprint density at radius 2 is 1.79 bits per heavy atom. The van der Waals surface area contributed by atoms with Gasteiger partial charge in [0.05, 0.1) is 5.56 Å². The van der Waals surface area contributed by atoms with E-state index in [0.717, 1.165) is 0 Å². The van der Waals surface area contributed by atoms with Crippen LogP contribution in [0.3, 0.4) is 0 Å². The molecule has 3 aliphatic carbocycles. The largest absolute Gasteiger partial charge is 0.511 e. The van der Waals surface area contributed by atoms with Crippen molar-refractivity contribution < 1.29 is 53.9 Å². The zero-order valence-corrected chi connectivity index (χ0v) is 24.1. The van der Waals surface area contributed by atoms with Gasteiger partial charge in [-0.3, -0.25) is 19.3 Å². The zero-order chi connectivity index (χ0) is 31.8. The summed E-state index contributed by atoms with van der Waals surface area (Å²) < 4.78 is 11.4. The minimum Gasteiger partial charge on any atom is -0.511 e. The molecule has 0 spiro atoms. The molecule has 43 heavy (non-hydrogen) atoms. The van der Waals surface area contributed by atoms with Gasteiger partial charge in [0.1, 0.15) is 40.6 Å². The van der Waals surface area contributed by atoms with E-state index in [9.17, 15) is 44.4 Å². The Morgan fingerprint density at radius 1 is 1.12 bits per heavy atom. The molecule has 6 N–H and O–H groups in total. The van der Waals surface area contributed by atoms with Gasteiger partial charge in [-0.15, -0.1) is 0 Å². The standard InChI is InChI=1S/C30H34N2O11/c1-12-13-7-5-9-16(33)19(13)22(35)21-18(12)23(14-11-17(34)20(26(31)38)24(36)30(14,41)25(21)37)42-27(39)15-8-6-10-32(15)28(40)43-29(2,3)4/h5,7,9,12,14-15,18,23,33-34,37,41H,6,8,10-11H2,1-4H3,(H2,31,38)/t12-,14+,15?,18+,23+,30+/m0/s1. The molecule has 0 saturated carbocycles. The van der Waals surface area contributed by atoms with Gasteiger partial charge in [0, 0.05) is 30.4 Å². The first kappa shape index (κ1) is 30.1. The van der Waals surface area contributed by atoms with Crippen LogP contribution in [0.4, 0.5) is 4.79 Å². The fourth-order valence-electron chi connectivity index (χ4n) is 6.84. The van der Waals surface area contributed by atoms with Crippen LogP contribution in [0.1, 0.15) is 68.8 Å². The zero-order valence-electron chi connectivity index (χ0n) is 24.1. The first-order chi connectivity index (χ1) is 20.0. The Balaban J connectivity index is 1.64. The van der Waals surface area contributed by atoms with Crippen LogP contribution in [0.2, 0.25) is 0 Å². The molecule has 2 amide bonds. The highest BCUT2D eigenvalue weighted by Crippen LogP contribution is 2.55. The maximum Gasteiger partial charge on any atom is 0.411 e. The van der Waals surface area contributed by atoms with E-state index in [0.29, 0.717) is 12.0 Å². The quantitative estimate of drug-likeness (QED) is 0.251. The number of hydrogen-bond donors (Lipinski definition) is 5. The van der Waals surface area contributed by atoms with Gasteiger partial charge < -0.3 is 35.6 Å². The van der Waals surface area contributed by atoms with Crippen molar-refractivity contribution in [3.05, 3.63) is 52.0 Å². The number of phenols is 1. The molecule has 5 rings (SSSR count). The summed E-state index contributed by atoms with van der Waals surface area (Å²) in [7, 11) is 0. The number of benzene rings is 1. The van der Waals surface area contributed by atoms with Crippen molar-refractivity contribution in [3.63, 3.8) is 0 Å². The van der Waals surface area contributed by atoms with E-state index in [-0.39, 0.29) is 18.5 Å². The number of primary amides is 1. The molecule has 1 fully saturated rings. The van der Waals surface area contributed by atoms with Gasteiger partial charge in [0.15, 0.2) is 11.4 Å². The van der Waals surface area contributed by atoms with Gasteiger partial charge in [-0.2, -0.15) is 0 Å². The third kappa shape index (κ3) is 4.53. The highest BCUT2D eigenvalue weighted by Gasteiger charge is 2.65. The van der Waals surface area contributed by atoms with E-state index in [1.165, 1.54) is 17.0 Å². The van der Waals surface area contributed by atoms with Crippen LogP contribution in [-0.2, 0) is 23.9 Å². The number of ketones is 2. The minimum atomic E-state index is -2.98. The maximum absolute atomic E-state index is 13.8. The summed E-state index contributed by atoms with van der Waals surface area (Å²) in [5, 5.41) is 44.5. The van der Waals surface area contributed by atoms with E-state index in [1.54, 1.807) is 33.8 Å². The molecular weight excluding hydrogens is 564 g/mol. The molecule has 1 aromatic rings. The molecule has 1 aliphatic heterocycles. The molecule has 0 radical (unpaired) electrons. The van der Waals surface area contributed by atoms with E-state index in [4.69, 9.17) is 15.2 Å². The topological polar surface area (TPSA) is 214 Å². The maximum atomic E-state index is 13.8. The molecule has 6 atom stereocenters. The fraction of sp³-hybridized carbons (Fsp3) is 0.500. The smallest absolute Gasteiger partial charge is 0.411 e. The number of nitrogens with zero attached hydrogens (tertiary/aromatic N) is 1. The molecule has 0 aromatic heterocycles. The summed E-state index contributed by atoms with van der Waals surface area (Å²) >= 11 is 0. The molecule has 1 unspecified atom stereocenters. The lowest BCUT2D eigenvalue weighted by atomic mass is 9.56. The van der Waals surface area contributed by atoms with Gasteiger partial charge >= 0.3 is 12.1 Å². The number of carbonyl (C=O) groups is 5. The Bertz CT molecular complexity index is 1520. The number of Topliss-reactive ketones (excluding diaryl/α,β-unsaturated/α-hetero) is 2. The van der Waals surface area contributed by atoms with Gasteiger partial charge in [-0.1, -0.05) is 19.1 Å². The van der Waals surface area contributed by atoms with Gasteiger partial charge in [0.2, 0.25) is 5.78 Å². The van der Waals surface area contributed by atoms with Crippen molar-refractivity contribution in [1.29, 1.82) is 0 Å². The summed E-state index contributed by atoms with van der Waals surface area (Å²) in [6, 6.07) is 3.27. The van der Waals surface area contributed by atoms with Crippen molar-refractivity contribution in [2.24, 2.45) is 17.6 Å². The molecular formula is C30H34N2O11. The van der Waals surface area contributed by atoms with Crippen molar-refractivity contribution in [3.8, 4) is 5.75 Å². The van der Waals surface area contributed by atoms with Gasteiger partial charge in [0.25, 0.3) is 5.91 Å². The number of ether oxygens (including phenoxy) is 2. The predicted molar refractivity (Wildman–Crippen MR) is 147 cm³/mol. The summed E-state index contributed by atoms with van der Waals surface area (Å²) in [4.78, 5) is 67.3. The number of esters is 1. The Labute approximate surface area is 246 Å². The number of aromatic hydroxyl groups is 1. The molecule has 4 aliphatic rings. The van der Waals surface area contributed by atoms with Crippen LogP contribution in [0.5, 0.6) is 5.75 Å². The number of aliphatic hydroxyl groups excluding tert-OH is 2. The summed E-state index contributed by atoms with van der Waals surface area (Å²) in [6.45, 7) is 6.89. The van der Waals surface area contributed by atoms with Crippen LogP contribution in [0.25, 0.3) is 0 Å². The monoisotopic (exact) mass is 598 g/mol. The average molecular weight is 599 g/mol. The third-order valence-corrected chi connectivity index (χ3v) is 8.74. The summed E-state index contributed by atoms with van der Waals surface area (Å²) in [5.74, 6) is -10.3. The van der Waals surface area contributed by atoms with Crippen molar-refractivity contribution in [2.45, 2.75) is 76.2 Å². The highest BCUT2D eigenvalue weighted by atomic mass is 16.6. The van der Waals surface area contributed by atoms with Crippen LogP contribution in [-0.4, -0.2) is 84.8 Å². The van der Waals surface area contributed by atoms with Gasteiger partial charge in [-0.25, -0.2) is 9.59 Å². The number of likely N-dealkylation sites (tertiary alicyclic amines) is 1. The van der Waals surface area contributed by atoms with Crippen molar-refractivity contribution in [1.82, 2.24) is 4.90 Å². The second kappa shape index (κ2) is 10.1. The second-order valence-electron chi connectivity index (χ2n) is 12.5. The number of aliphatic hydroxyl groups is 3. The molecule has 13 nitrogen and oxygen atoms in total. The highest BCUT2D eigenvalue weighted by molar-refractivity contribution is 6.24. The second-order valence-corrected chi connectivity index (χ2v) is 12.5. The van der Waals surface area contributed by atoms with Crippen LogP contribution in [0, 0.1) is 11.8 Å². The third-order valence-electron chi connectivity index (χ3n) is 8.74. The van der Waals surface area contributed by atoms with Crippen molar-refractivity contribution in [2.75, 3.05) is 6.54 Å². The number of rotatable bonds is 3. The predicted octanol–water partition coefficient (Wildman–Crippen LogP) is 2.06. The first-order valence-corrected chi connectivity index (χ1v) is 14.0. The Morgan fingerprint density at radius 3 is 2.42 bits per heavy atom. The van der Waals surface area contributed by atoms with Gasteiger partial charge in [-0.05, 0) is 51.2 Å². The minimum absolute atomic E-state index is 0.163. The number of hydrogen-bond acceptors (Lipinski definition) is 11. The number of phenolic OH excluding ortho intramolecular Hbond substituents is 1. The molecule has 1 saturated heterocycles. The number of carbonyl (C=O) groups excluding carboxylic acids is 5. The van der Waals surface area contributed by atoms with Crippen LogP contribution >= 0.6 is 0 Å². The van der Waals surface area contributed by atoms with Crippen LogP contribution < -0.4 is 5.73 Å². The Hall–Kier alpha value is -4.39. The lowest BCUT2D eigenvalue weighted by Gasteiger charge is -2.51. The lowest BCUT2D eigenvalue weighted by Crippen LogP contribution is -2.63. The molecule has 1 heterocycles. The first-order valence-electron chi connectivity index (χ1n) is 14.0. The van der Waals surface area contributed by atoms with Crippen LogP contribution in [0.15, 0.2) is 40.9 Å². The molecule has 0 bridgehead atoms. The Kier molecular flexibility index (Phi) is 7.07. The van der Waals surface area contributed by atoms with Crippen molar-refractivity contribution >= 4 is 29.5 Å². The summed E-state index contributed by atoms with van der Waals surface area (Å²) in [5.41, 5.74) is 0.250. The van der Waals surface area contributed by atoms with E-state index in [2.05, 4.69) is 0 Å². The molecule has 13 heteroatoms. The van der Waals surface area contributed by atoms with E-state index < -0.39 is 105 Å². The van der Waals surface area contributed by atoms with E-state index >= 15 is 0 Å².